The first kappa shape index (κ1) is 14.2. The van der Waals surface area contributed by atoms with E-state index in [4.69, 9.17) is 9.53 Å². The molecule has 0 aliphatic rings. The molecule has 2 N–H and O–H groups in total. The van der Waals surface area contributed by atoms with Gasteiger partial charge in [0.1, 0.15) is 11.3 Å². The fourth-order valence-electron chi connectivity index (χ4n) is 1.60. The molecule has 0 saturated heterocycles. The number of benzene rings is 1. The number of carboxylic acids is 2. The van der Waals surface area contributed by atoms with E-state index in [1.807, 2.05) is 19.6 Å². The van der Waals surface area contributed by atoms with E-state index in [0.717, 1.165) is 0 Å². The summed E-state index contributed by atoms with van der Waals surface area (Å²) in [7, 11) is -1.95. The first-order valence-corrected chi connectivity index (χ1v) is 8.83. The predicted octanol–water partition coefficient (Wildman–Crippen LogP) is 2.61. The summed E-state index contributed by atoms with van der Waals surface area (Å²) < 4.78 is 5.67. The quantitative estimate of drug-likeness (QED) is 0.820. The normalized spacial score (nSPS) is 11.1. The summed E-state index contributed by atoms with van der Waals surface area (Å²) in [5.74, 6) is -2.08. The van der Waals surface area contributed by atoms with Crippen LogP contribution in [0.2, 0.25) is 19.6 Å². The van der Waals surface area contributed by atoms with Gasteiger partial charge in [0.2, 0.25) is 8.32 Å². The van der Waals surface area contributed by atoms with Gasteiger partial charge < -0.3 is 14.6 Å². The van der Waals surface area contributed by atoms with Crippen molar-refractivity contribution >= 4 is 20.3 Å². The molecule has 0 atom stereocenters. The van der Waals surface area contributed by atoms with Crippen molar-refractivity contribution in [2.45, 2.75) is 26.6 Å². The Kier molecular flexibility index (Phi) is 3.81. The molecule has 0 fully saturated rings. The molecule has 0 unspecified atom stereocenters. The Bertz CT molecular complexity index is 502. The molecule has 0 aromatic heterocycles. The molecule has 98 valence electrons. The predicted molar refractivity (Wildman–Crippen MR) is 69.1 cm³/mol. The maximum Gasteiger partial charge on any atom is 0.339 e. The van der Waals surface area contributed by atoms with Crippen LogP contribution in [0.3, 0.4) is 0 Å². The summed E-state index contributed by atoms with van der Waals surface area (Å²) in [6.07, 6.45) is 0. The van der Waals surface area contributed by atoms with Crippen molar-refractivity contribution in [3.63, 3.8) is 0 Å². The van der Waals surface area contributed by atoms with Gasteiger partial charge in [-0.15, -0.1) is 0 Å². The van der Waals surface area contributed by atoms with Crippen LogP contribution in [0.1, 0.15) is 26.3 Å². The lowest BCUT2D eigenvalue weighted by molar-refractivity contribution is 0.0694. The van der Waals surface area contributed by atoms with Gasteiger partial charge in [-0.05, 0) is 44.3 Å². The fourth-order valence-corrected chi connectivity index (χ4v) is 2.43. The zero-order valence-electron chi connectivity index (χ0n) is 10.8. The Hall–Kier alpha value is -1.82. The first-order chi connectivity index (χ1) is 8.13. The lowest BCUT2D eigenvalue weighted by Crippen LogP contribution is -2.30. The lowest BCUT2D eigenvalue weighted by Gasteiger charge is -2.21. The second kappa shape index (κ2) is 4.81. The highest BCUT2D eigenvalue weighted by molar-refractivity contribution is 6.70. The summed E-state index contributed by atoms with van der Waals surface area (Å²) in [6, 6.07) is 2.79. The van der Waals surface area contributed by atoms with Crippen LogP contribution in [0.4, 0.5) is 0 Å². The number of hydrogen-bond acceptors (Lipinski definition) is 3. The second-order valence-electron chi connectivity index (χ2n) is 4.94. The van der Waals surface area contributed by atoms with Gasteiger partial charge in [0.05, 0.1) is 5.56 Å². The third-order valence-corrected chi connectivity index (χ3v) is 3.12. The van der Waals surface area contributed by atoms with Gasteiger partial charge in [0.15, 0.2) is 0 Å². The second-order valence-corrected chi connectivity index (χ2v) is 9.36. The Labute approximate surface area is 106 Å². The minimum Gasteiger partial charge on any atom is -0.544 e. The molecule has 0 amide bonds. The molecular weight excluding hydrogens is 252 g/mol. The molecule has 0 aliphatic carbocycles. The molecule has 0 radical (unpaired) electrons. The van der Waals surface area contributed by atoms with Gasteiger partial charge in [-0.2, -0.15) is 0 Å². The highest BCUT2D eigenvalue weighted by Crippen LogP contribution is 2.27. The van der Waals surface area contributed by atoms with Gasteiger partial charge in [0.25, 0.3) is 0 Å². The highest BCUT2D eigenvalue weighted by Gasteiger charge is 2.24. The van der Waals surface area contributed by atoms with Gasteiger partial charge in [-0.3, -0.25) is 0 Å². The molecule has 0 bridgehead atoms. The number of aromatic carboxylic acids is 2. The van der Waals surface area contributed by atoms with Gasteiger partial charge in [-0.25, -0.2) is 9.59 Å². The van der Waals surface area contributed by atoms with Crippen LogP contribution >= 0.6 is 0 Å². The van der Waals surface area contributed by atoms with E-state index >= 15 is 0 Å². The average molecular weight is 268 g/mol. The summed E-state index contributed by atoms with van der Waals surface area (Å²) in [5, 5.41) is 18.2. The SMILES string of the molecule is Cc1c(C(=O)O)ccc(O[Si](C)(C)C)c1C(=O)O. The molecule has 6 heteroatoms. The van der Waals surface area contributed by atoms with Crippen LogP contribution in [-0.4, -0.2) is 30.5 Å². The topological polar surface area (TPSA) is 83.8 Å². The van der Waals surface area contributed by atoms with E-state index in [1.54, 1.807) is 0 Å². The molecule has 1 rings (SSSR count). The maximum absolute atomic E-state index is 11.2. The number of hydrogen-bond donors (Lipinski definition) is 2. The molecule has 0 heterocycles. The molecular formula is C12H16O5Si. The monoisotopic (exact) mass is 268 g/mol. The van der Waals surface area contributed by atoms with Crippen LogP contribution in [0, 0.1) is 6.92 Å². The van der Waals surface area contributed by atoms with E-state index in [1.165, 1.54) is 19.1 Å². The molecule has 0 aliphatic heterocycles. The van der Waals surface area contributed by atoms with Crippen LogP contribution in [0.25, 0.3) is 0 Å². The molecule has 1 aromatic carbocycles. The smallest absolute Gasteiger partial charge is 0.339 e. The van der Waals surface area contributed by atoms with Crippen molar-refractivity contribution in [2.24, 2.45) is 0 Å². The molecule has 0 saturated carbocycles. The summed E-state index contributed by atoms with van der Waals surface area (Å²) in [6.45, 7) is 7.27. The van der Waals surface area contributed by atoms with Crippen LogP contribution in [0.15, 0.2) is 12.1 Å². The Morgan fingerprint density at radius 1 is 1.11 bits per heavy atom. The van der Waals surface area contributed by atoms with Gasteiger partial charge >= 0.3 is 11.9 Å². The zero-order valence-corrected chi connectivity index (χ0v) is 11.8. The number of rotatable bonds is 4. The van der Waals surface area contributed by atoms with Crippen molar-refractivity contribution in [3.8, 4) is 5.75 Å². The number of carboxylic acid groups (broad SMARTS) is 2. The van der Waals surface area contributed by atoms with Crippen molar-refractivity contribution < 1.29 is 24.2 Å². The van der Waals surface area contributed by atoms with E-state index in [0.29, 0.717) is 0 Å². The van der Waals surface area contributed by atoms with E-state index in [9.17, 15) is 14.7 Å². The van der Waals surface area contributed by atoms with Crippen molar-refractivity contribution in [3.05, 3.63) is 28.8 Å². The summed E-state index contributed by atoms with van der Waals surface area (Å²) in [5.41, 5.74) is 0.124. The minimum absolute atomic E-state index is 0.0182. The van der Waals surface area contributed by atoms with E-state index < -0.39 is 20.3 Å². The van der Waals surface area contributed by atoms with Crippen molar-refractivity contribution in [1.82, 2.24) is 0 Å². The Morgan fingerprint density at radius 3 is 2.06 bits per heavy atom. The molecule has 1 aromatic rings. The summed E-state index contributed by atoms with van der Waals surface area (Å²) >= 11 is 0. The number of carbonyl (C=O) groups is 2. The maximum atomic E-state index is 11.2. The van der Waals surface area contributed by atoms with E-state index in [2.05, 4.69) is 0 Å². The highest BCUT2D eigenvalue weighted by atomic mass is 28.4. The Balaban J connectivity index is 3.42. The van der Waals surface area contributed by atoms with E-state index in [-0.39, 0.29) is 22.4 Å². The van der Waals surface area contributed by atoms with Gasteiger partial charge in [0, 0.05) is 0 Å². The third-order valence-electron chi connectivity index (χ3n) is 2.29. The molecule has 5 nitrogen and oxygen atoms in total. The van der Waals surface area contributed by atoms with Crippen molar-refractivity contribution in [2.75, 3.05) is 0 Å². The van der Waals surface area contributed by atoms with Gasteiger partial charge in [-0.1, -0.05) is 0 Å². The molecule has 18 heavy (non-hydrogen) atoms. The largest absolute Gasteiger partial charge is 0.544 e. The van der Waals surface area contributed by atoms with Crippen molar-refractivity contribution in [1.29, 1.82) is 0 Å². The summed E-state index contributed by atoms with van der Waals surface area (Å²) in [4.78, 5) is 22.2. The minimum atomic E-state index is -1.95. The standard InChI is InChI=1S/C12H16O5Si/c1-7-8(11(13)14)5-6-9(10(7)12(15)16)17-18(2,3)4/h5-6H,1-4H3,(H,13,14)(H,15,16). The molecule has 0 spiro atoms. The fraction of sp³-hybridized carbons (Fsp3) is 0.333. The third kappa shape index (κ3) is 3.10. The average Bonchev–Trinajstić information content (AvgIpc) is 2.13. The Morgan fingerprint density at radius 2 is 1.67 bits per heavy atom. The zero-order chi connectivity index (χ0) is 14.1. The van der Waals surface area contributed by atoms with Crippen LogP contribution < -0.4 is 4.43 Å². The van der Waals surface area contributed by atoms with Crippen LogP contribution in [-0.2, 0) is 0 Å². The lowest BCUT2D eigenvalue weighted by atomic mass is 10.0. The first-order valence-electron chi connectivity index (χ1n) is 5.42. The van der Waals surface area contributed by atoms with Crippen LogP contribution in [0.5, 0.6) is 5.75 Å².